The van der Waals surface area contributed by atoms with Crippen molar-refractivity contribution < 1.29 is 56.0 Å². The van der Waals surface area contributed by atoms with Gasteiger partial charge >= 0.3 is 12.1 Å². The van der Waals surface area contributed by atoms with Crippen molar-refractivity contribution in [2.24, 2.45) is 27.6 Å². The first-order valence-corrected chi connectivity index (χ1v) is 30.8. The average Bonchev–Trinajstić information content (AvgIpc) is 4.38. The van der Waals surface area contributed by atoms with Crippen LogP contribution in [-0.2, 0) is 30.1 Å². The highest BCUT2D eigenvalue weighted by molar-refractivity contribution is 8.16. The van der Waals surface area contributed by atoms with Crippen molar-refractivity contribution in [3.8, 4) is 36.4 Å². The largest absolute Gasteiger partial charge is 0.480 e. The summed E-state index contributed by atoms with van der Waals surface area (Å²) in [6, 6.07) is 9.07. The Labute approximate surface area is 477 Å². The second-order valence-corrected chi connectivity index (χ2v) is 30.6. The number of carbonyl (C=O) groups is 3. The highest BCUT2D eigenvalue weighted by Gasteiger charge is 2.73. The van der Waals surface area contributed by atoms with Crippen LogP contribution < -0.4 is 15.2 Å². The third kappa shape index (κ3) is 13.9. The number of amides is 2. The van der Waals surface area contributed by atoms with Gasteiger partial charge in [-0.1, -0.05) is 67.1 Å². The number of amidine groups is 2. The molecule has 2 aromatic heterocycles. The number of aliphatic imine (C=N–C) groups is 2. The van der Waals surface area contributed by atoms with Gasteiger partial charge in [0.05, 0.1) is 35.9 Å². The molecule has 428 valence electrons. The minimum Gasteiger partial charge on any atom is -0.480 e. The number of rotatable bonds is 17. The molecule has 8 rings (SSSR count). The van der Waals surface area contributed by atoms with Crippen LogP contribution in [-0.4, -0.2) is 127 Å². The molecule has 2 aliphatic carbocycles. The van der Waals surface area contributed by atoms with Crippen LogP contribution in [0.2, 0.25) is 25.7 Å². The number of thioether (sulfide) groups is 2. The molecule has 2 aliphatic heterocycles. The number of benzene rings is 2. The highest BCUT2D eigenvalue weighted by atomic mass is 32.2. The van der Waals surface area contributed by atoms with Gasteiger partial charge in [-0.2, -0.15) is 0 Å². The van der Waals surface area contributed by atoms with E-state index in [1.54, 1.807) is 48.7 Å². The van der Waals surface area contributed by atoms with Gasteiger partial charge in [-0.25, -0.2) is 47.2 Å². The van der Waals surface area contributed by atoms with Gasteiger partial charge in [-0.15, -0.1) is 12.8 Å². The van der Waals surface area contributed by atoms with Gasteiger partial charge in [0.2, 0.25) is 17.7 Å². The molecule has 0 bridgehead atoms. The predicted octanol–water partition coefficient (Wildman–Crippen LogP) is 10.0. The number of halogens is 4. The quantitative estimate of drug-likeness (QED) is 0.0331. The van der Waals surface area contributed by atoms with Crippen LogP contribution in [0.25, 0.3) is 23.8 Å². The Bertz CT molecular complexity index is 3290. The fourth-order valence-corrected chi connectivity index (χ4v) is 13.1. The van der Waals surface area contributed by atoms with Gasteiger partial charge in [-0.05, 0) is 101 Å². The summed E-state index contributed by atoms with van der Waals surface area (Å²) in [5.74, 6) is 0.300. The third-order valence-corrected chi connectivity index (χ3v) is 18.1. The summed E-state index contributed by atoms with van der Waals surface area (Å²) in [7, 11) is 1.91. The monoisotopic (exact) mass is 1170 g/mol. The number of nitrogens with two attached hydrogens (primary N) is 1. The van der Waals surface area contributed by atoms with Crippen LogP contribution in [0, 0.1) is 48.2 Å². The molecule has 4 aliphatic rings. The summed E-state index contributed by atoms with van der Waals surface area (Å²) >= 11 is 2.16. The normalized spacial score (nSPS) is 23.8. The Hall–Kier alpha value is -7.25. The van der Waals surface area contributed by atoms with E-state index >= 15 is 13.2 Å². The molecular weight excluding hydrogens is 1110 g/mol. The van der Waals surface area contributed by atoms with E-state index in [1.807, 2.05) is 0 Å². The standard InChI is InChI=1S/C33H40F2N4O6SSi.C24H23F2N5O2S/c1-9-12-44-27-19-36-25(18-37-27)24(35)16-21-10-11-23(34)22(15-21)32(5)26-17-33(26,28(40)41)46-29(38-32)39(30(42)45-31(2,3)4)20-43-13-14-47(6,7)8;1-5-8-33-20-13-28-18(12-29-20)17(26)10-14-6-7-16(25)15(9-14)23(2)19-11-24(19,21(32)31(3)4)34-22(27)30-23/h1,10-11,15-16,18-19,26H,12-14,17,20H2,2-8H3,(H,40,41);1,6-7,9-10,12-13,19H,8,11H2,2-4H3,(H2,27,30)/b24-16-;17-10-/t26-,32+,33-;19-,23+,24-/m00/s1. The zero-order chi connectivity index (χ0) is 59.5. The lowest BCUT2D eigenvalue weighted by molar-refractivity contribution is -0.137. The number of fused-ring (bicyclic) bond motifs is 2. The van der Waals surface area contributed by atoms with Crippen LogP contribution in [0.15, 0.2) is 71.2 Å². The summed E-state index contributed by atoms with van der Waals surface area (Å²) in [6.45, 7) is 15.3. The number of hydrogen-bond donors (Lipinski definition) is 2. The number of aliphatic carboxylic acids is 1. The van der Waals surface area contributed by atoms with Gasteiger partial charge in [0.15, 0.2) is 35.2 Å². The summed E-state index contributed by atoms with van der Waals surface area (Å²) in [5.41, 5.74) is 3.62. The summed E-state index contributed by atoms with van der Waals surface area (Å²) in [6.07, 6.45) is 17.5. The molecule has 0 radical (unpaired) electrons. The van der Waals surface area contributed by atoms with Gasteiger partial charge in [0, 0.05) is 51.7 Å². The first-order valence-electron chi connectivity index (χ1n) is 25.5. The van der Waals surface area contributed by atoms with E-state index in [4.69, 9.17) is 42.5 Å². The zero-order valence-electron chi connectivity index (χ0n) is 46.5. The maximum absolute atomic E-state index is 15.7. The lowest BCUT2D eigenvalue weighted by Gasteiger charge is -2.37. The Morgan fingerprint density at radius 1 is 0.802 bits per heavy atom. The maximum atomic E-state index is 15.7. The van der Waals surface area contributed by atoms with E-state index in [1.165, 1.54) is 88.8 Å². The molecule has 2 aromatic carbocycles. The van der Waals surface area contributed by atoms with Crippen LogP contribution in [0.1, 0.15) is 81.1 Å². The number of nitrogens with zero attached hydrogens (tertiary/aromatic N) is 8. The molecule has 2 amide bonds. The average molecular weight is 1170 g/mol. The number of carbonyl (C=O) groups excluding carboxylic acids is 2. The highest BCUT2D eigenvalue weighted by Crippen LogP contribution is 2.68. The Balaban J connectivity index is 0.000000246. The van der Waals surface area contributed by atoms with E-state index in [9.17, 15) is 23.9 Å². The van der Waals surface area contributed by atoms with E-state index < -0.39 is 75.5 Å². The number of hydrogen-bond acceptors (Lipinski definition) is 16. The molecule has 4 heterocycles. The smallest absolute Gasteiger partial charge is 0.418 e. The zero-order valence-corrected chi connectivity index (χ0v) is 49.1. The summed E-state index contributed by atoms with van der Waals surface area (Å²) in [4.78, 5) is 67.1. The predicted molar refractivity (Wildman–Crippen MR) is 307 cm³/mol. The van der Waals surface area contributed by atoms with E-state index in [2.05, 4.69) is 56.4 Å². The molecule has 0 unspecified atom stereocenters. The molecule has 2 saturated carbocycles. The van der Waals surface area contributed by atoms with E-state index in [0.717, 1.165) is 23.9 Å². The van der Waals surface area contributed by atoms with Crippen LogP contribution in [0.4, 0.5) is 22.4 Å². The molecule has 17 nitrogen and oxygen atoms in total. The molecule has 81 heavy (non-hydrogen) atoms. The first-order chi connectivity index (χ1) is 38.0. The number of carboxylic acids is 1. The molecule has 6 atom stereocenters. The second kappa shape index (κ2) is 24.1. The van der Waals surface area contributed by atoms with Crippen molar-refractivity contribution in [3.63, 3.8) is 0 Å². The Morgan fingerprint density at radius 3 is 1.74 bits per heavy atom. The van der Waals surface area contributed by atoms with Crippen molar-refractivity contribution in [2.45, 2.75) is 99.3 Å². The Morgan fingerprint density at radius 2 is 1.30 bits per heavy atom. The SMILES string of the molecule is C#CCOc1cnc(/C(F)=C/c2ccc(F)c([C@@]3(C)N=C(N(COCC[Si](C)(C)C)C(=O)OC(C)(C)C)S[C@@]4(C(=O)O)C[C@H]43)c2)cn1.C#CCOc1cnc(/C(F)=C/c2ccc(F)c([C@@]3(C)N=C(N)S[C@@]4(C(=O)N(C)C)C[C@H]43)c2)cn1. The summed E-state index contributed by atoms with van der Waals surface area (Å²) < 4.78 is 80.5. The van der Waals surface area contributed by atoms with Gasteiger partial charge in [0.25, 0.3) is 0 Å². The lowest BCUT2D eigenvalue weighted by atomic mass is 9.84. The number of terminal acetylenes is 2. The van der Waals surface area contributed by atoms with Crippen LogP contribution in [0.5, 0.6) is 11.8 Å². The van der Waals surface area contributed by atoms with Crippen molar-refractivity contribution in [1.29, 1.82) is 0 Å². The van der Waals surface area contributed by atoms with E-state index in [-0.39, 0.29) is 88.4 Å². The molecule has 24 heteroatoms. The van der Waals surface area contributed by atoms with Crippen molar-refractivity contribution in [3.05, 3.63) is 106 Å². The molecule has 0 saturated heterocycles. The second-order valence-electron chi connectivity index (χ2n) is 22.3. The van der Waals surface area contributed by atoms with Crippen molar-refractivity contribution in [1.82, 2.24) is 29.7 Å². The minimum absolute atomic E-state index is 0.0146. The fourth-order valence-electron chi connectivity index (χ4n) is 9.33. The maximum Gasteiger partial charge on any atom is 0.418 e. The molecule has 3 N–H and O–H groups in total. The minimum atomic E-state index is -1.45. The van der Waals surface area contributed by atoms with E-state index in [0.29, 0.717) is 18.6 Å². The number of ether oxygens (including phenoxy) is 4. The van der Waals surface area contributed by atoms with Crippen molar-refractivity contribution in [2.75, 3.05) is 40.6 Å². The Kier molecular flexibility index (Phi) is 18.2. The lowest BCUT2D eigenvalue weighted by Crippen LogP contribution is -2.47. The van der Waals surface area contributed by atoms with Gasteiger partial charge < -0.3 is 34.7 Å². The van der Waals surface area contributed by atoms with Crippen LogP contribution in [0.3, 0.4) is 0 Å². The number of aromatic nitrogens is 4. The van der Waals surface area contributed by atoms with Gasteiger partial charge in [-0.3, -0.25) is 19.6 Å². The first kappa shape index (κ1) is 61.4. The van der Waals surface area contributed by atoms with Gasteiger partial charge in [0.1, 0.15) is 44.8 Å². The number of carboxylic acid groups (broad SMARTS) is 1. The molecule has 4 aromatic rings. The third-order valence-electron chi connectivity index (χ3n) is 13.6. The topological polar surface area (TPSA) is 217 Å². The summed E-state index contributed by atoms with van der Waals surface area (Å²) in [5, 5.41) is 10.6. The van der Waals surface area contributed by atoms with Crippen molar-refractivity contribution >= 4 is 83.7 Å². The fraction of sp³-hybridized carbons (Fsp3) is 0.421. The molecule has 0 spiro atoms. The molecular formula is C57H63F4N9O8S2Si. The van der Waals surface area contributed by atoms with Crippen LogP contribution >= 0.6 is 23.5 Å². The molecule has 2 fully saturated rings.